The molecule has 92 valence electrons. The lowest BCUT2D eigenvalue weighted by atomic mass is 10.4. The fourth-order valence-electron chi connectivity index (χ4n) is 1.29. The predicted molar refractivity (Wildman–Crippen MR) is 66.7 cm³/mol. The van der Waals surface area contributed by atoms with E-state index in [9.17, 15) is 8.42 Å². The summed E-state index contributed by atoms with van der Waals surface area (Å²) in [6.45, 7) is 0. The van der Waals surface area contributed by atoms with Crippen molar-refractivity contribution in [2.24, 2.45) is 7.05 Å². The van der Waals surface area contributed by atoms with Crippen molar-refractivity contribution >= 4 is 42.5 Å². The third-order valence-corrected chi connectivity index (χ3v) is 4.48. The maximum atomic E-state index is 10.8. The largest absolute Gasteiger partial charge is 0.250 e. The van der Waals surface area contributed by atoms with Crippen LogP contribution in [0.1, 0.15) is 0 Å². The van der Waals surface area contributed by atoms with Crippen molar-refractivity contribution in [2.75, 3.05) is 11.5 Å². The van der Waals surface area contributed by atoms with E-state index in [0.717, 1.165) is 11.0 Å². The van der Waals surface area contributed by atoms with E-state index in [1.165, 1.54) is 18.1 Å². The number of fused-ring (bicyclic) bond motifs is 1. The SMILES string of the molecule is Cn1ncc2c(SCCS(=O)(=O)Cl)ncnc21. The highest BCUT2D eigenvalue weighted by Gasteiger charge is 2.10. The first kappa shape index (κ1) is 12.6. The molecule has 2 aromatic rings. The van der Waals surface area contributed by atoms with Crippen molar-refractivity contribution < 1.29 is 8.42 Å². The third-order valence-electron chi connectivity index (χ3n) is 2.06. The van der Waals surface area contributed by atoms with Crippen molar-refractivity contribution in [1.82, 2.24) is 19.7 Å². The van der Waals surface area contributed by atoms with Crippen LogP contribution >= 0.6 is 22.4 Å². The number of thioether (sulfide) groups is 1. The van der Waals surface area contributed by atoms with Crippen molar-refractivity contribution in [1.29, 1.82) is 0 Å². The van der Waals surface area contributed by atoms with Crippen LogP contribution in [0.2, 0.25) is 0 Å². The first-order valence-electron chi connectivity index (χ1n) is 4.65. The number of aromatic nitrogens is 4. The minimum atomic E-state index is -3.46. The van der Waals surface area contributed by atoms with Crippen LogP contribution < -0.4 is 0 Å². The molecular formula is C8H9ClN4O2S2. The Labute approximate surface area is 107 Å². The number of rotatable bonds is 4. The van der Waals surface area contributed by atoms with Crippen LogP contribution in [0.3, 0.4) is 0 Å². The summed E-state index contributed by atoms with van der Waals surface area (Å²) in [5, 5.41) is 5.59. The molecule has 2 heterocycles. The second kappa shape index (κ2) is 4.79. The highest BCUT2D eigenvalue weighted by Crippen LogP contribution is 2.23. The molecule has 2 rings (SSSR count). The van der Waals surface area contributed by atoms with Crippen molar-refractivity contribution in [2.45, 2.75) is 5.03 Å². The van der Waals surface area contributed by atoms with Crippen molar-refractivity contribution in [3.63, 3.8) is 0 Å². The molecule has 9 heteroatoms. The number of hydrogen-bond donors (Lipinski definition) is 0. The van der Waals surface area contributed by atoms with Gasteiger partial charge in [-0.05, 0) is 0 Å². The lowest BCUT2D eigenvalue weighted by Gasteiger charge is -2.00. The summed E-state index contributed by atoms with van der Waals surface area (Å²) in [5.41, 5.74) is 0.719. The van der Waals surface area contributed by atoms with E-state index in [1.807, 2.05) is 0 Å². The molecule has 0 spiro atoms. The van der Waals surface area contributed by atoms with Gasteiger partial charge in [0.2, 0.25) is 9.05 Å². The van der Waals surface area contributed by atoms with Crippen LogP contribution in [-0.2, 0) is 16.1 Å². The Morgan fingerprint density at radius 2 is 2.24 bits per heavy atom. The molecule has 2 aromatic heterocycles. The average molecular weight is 293 g/mol. The number of nitrogens with zero attached hydrogens (tertiary/aromatic N) is 4. The molecule has 0 saturated carbocycles. The van der Waals surface area contributed by atoms with Crippen molar-refractivity contribution in [3.05, 3.63) is 12.5 Å². The Morgan fingerprint density at radius 3 is 2.94 bits per heavy atom. The maximum absolute atomic E-state index is 10.8. The Bertz CT molecular complexity index is 640. The second-order valence-electron chi connectivity index (χ2n) is 3.28. The van der Waals surface area contributed by atoms with E-state index in [-0.39, 0.29) is 5.75 Å². The summed E-state index contributed by atoms with van der Waals surface area (Å²) < 4.78 is 23.2. The van der Waals surface area contributed by atoms with Gasteiger partial charge in [-0.3, -0.25) is 4.68 Å². The quantitative estimate of drug-likeness (QED) is 0.476. The number of halogens is 1. The van der Waals surface area contributed by atoms with Crippen molar-refractivity contribution in [3.8, 4) is 0 Å². The lowest BCUT2D eigenvalue weighted by Crippen LogP contribution is -2.00. The second-order valence-corrected chi connectivity index (χ2v) is 7.26. The first-order chi connectivity index (χ1) is 7.97. The van der Waals surface area contributed by atoms with Gasteiger partial charge in [-0.1, -0.05) is 0 Å². The monoisotopic (exact) mass is 292 g/mol. The summed E-state index contributed by atoms with van der Waals surface area (Å²) in [7, 11) is 3.46. The molecule has 0 aliphatic heterocycles. The van der Waals surface area contributed by atoms with E-state index in [1.54, 1.807) is 17.9 Å². The Morgan fingerprint density at radius 1 is 1.47 bits per heavy atom. The van der Waals surface area contributed by atoms with Gasteiger partial charge in [0.1, 0.15) is 11.4 Å². The fraction of sp³-hybridized carbons (Fsp3) is 0.375. The summed E-state index contributed by atoms with van der Waals surface area (Å²) in [4.78, 5) is 8.19. The molecule has 0 amide bonds. The van der Waals surface area contributed by atoms with E-state index < -0.39 is 9.05 Å². The Balaban J connectivity index is 2.19. The molecule has 0 aliphatic carbocycles. The zero-order chi connectivity index (χ0) is 12.5. The van der Waals surface area contributed by atoms with Gasteiger partial charge >= 0.3 is 0 Å². The number of aryl methyl sites for hydroxylation is 1. The highest BCUT2D eigenvalue weighted by molar-refractivity contribution is 8.14. The average Bonchev–Trinajstić information content (AvgIpc) is 2.60. The van der Waals surface area contributed by atoms with Gasteiger partial charge in [0.05, 0.1) is 17.3 Å². The van der Waals surface area contributed by atoms with E-state index >= 15 is 0 Å². The van der Waals surface area contributed by atoms with Crippen LogP contribution in [0.4, 0.5) is 0 Å². The number of hydrogen-bond acceptors (Lipinski definition) is 6. The molecule has 17 heavy (non-hydrogen) atoms. The summed E-state index contributed by atoms with van der Waals surface area (Å²) in [6.07, 6.45) is 3.09. The summed E-state index contributed by atoms with van der Waals surface area (Å²) in [6, 6.07) is 0. The van der Waals surface area contributed by atoms with Crippen LogP contribution in [0.25, 0.3) is 11.0 Å². The third kappa shape index (κ3) is 3.08. The van der Waals surface area contributed by atoms with Crippen LogP contribution in [0.15, 0.2) is 17.6 Å². The minimum Gasteiger partial charge on any atom is -0.250 e. The van der Waals surface area contributed by atoms with Gasteiger partial charge in [-0.2, -0.15) is 5.10 Å². The van der Waals surface area contributed by atoms with Crippen LogP contribution in [0, 0.1) is 0 Å². The standard InChI is InChI=1S/C8H9ClN4O2S2/c1-13-7-6(4-12-13)8(11-5-10-7)16-2-3-17(9,14)15/h4-5H,2-3H2,1H3. The molecule has 0 N–H and O–H groups in total. The van der Waals surface area contributed by atoms with Gasteiger partial charge in [0, 0.05) is 23.5 Å². The normalized spacial score (nSPS) is 12.1. The zero-order valence-electron chi connectivity index (χ0n) is 8.87. The maximum Gasteiger partial charge on any atom is 0.233 e. The van der Waals surface area contributed by atoms with E-state index in [2.05, 4.69) is 15.1 Å². The topological polar surface area (TPSA) is 77.7 Å². The predicted octanol–water partition coefficient (Wildman–Crippen LogP) is 1.02. The Hall–Kier alpha value is -0.860. The molecule has 0 aliphatic rings. The molecule has 0 radical (unpaired) electrons. The smallest absolute Gasteiger partial charge is 0.233 e. The molecule has 0 bridgehead atoms. The summed E-state index contributed by atoms with van der Waals surface area (Å²) in [5.74, 6) is 0.262. The molecular weight excluding hydrogens is 284 g/mol. The molecule has 6 nitrogen and oxygen atoms in total. The van der Waals surface area contributed by atoms with Gasteiger partial charge in [0.15, 0.2) is 5.65 Å². The molecule has 0 atom stereocenters. The molecule has 0 saturated heterocycles. The Kier molecular flexibility index (Phi) is 3.55. The van der Waals surface area contributed by atoms with E-state index in [0.29, 0.717) is 10.8 Å². The van der Waals surface area contributed by atoms with Crippen LogP contribution in [-0.4, -0.2) is 39.7 Å². The minimum absolute atomic E-state index is 0.0923. The van der Waals surface area contributed by atoms with E-state index in [4.69, 9.17) is 10.7 Å². The lowest BCUT2D eigenvalue weighted by molar-refractivity contribution is 0.611. The molecule has 0 fully saturated rings. The van der Waals surface area contributed by atoms with Gasteiger partial charge in [0.25, 0.3) is 0 Å². The fourth-order valence-corrected chi connectivity index (χ4v) is 3.60. The molecule has 0 aromatic carbocycles. The first-order valence-corrected chi connectivity index (χ1v) is 8.11. The van der Waals surface area contributed by atoms with Gasteiger partial charge in [-0.25, -0.2) is 18.4 Å². The zero-order valence-corrected chi connectivity index (χ0v) is 11.3. The van der Waals surface area contributed by atoms with Crippen LogP contribution in [0.5, 0.6) is 0 Å². The van der Waals surface area contributed by atoms with Gasteiger partial charge < -0.3 is 0 Å². The molecule has 0 unspecified atom stereocenters. The van der Waals surface area contributed by atoms with Gasteiger partial charge in [-0.15, -0.1) is 11.8 Å². The summed E-state index contributed by atoms with van der Waals surface area (Å²) >= 11 is 1.32. The highest BCUT2D eigenvalue weighted by atomic mass is 35.7.